The van der Waals surface area contributed by atoms with Crippen LogP contribution in [0.15, 0.2) is 42.5 Å². The van der Waals surface area contributed by atoms with Gasteiger partial charge in [-0.1, -0.05) is 24.3 Å². The van der Waals surface area contributed by atoms with Gasteiger partial charge in [-0.2, -0.15) is 0 Å². The maximum Gasteiger partial charge on any atom is 0.307 e. The van der Waals surface area contributed by atoms with E-state index in [9.17, 15) is 28.8 Å². The van der Waals surface area contributed by atoms with Crippen molar-refractivity contribution in [1.29, 1.82) is 0 Å². The van der Waals surface area contributed by atoms with E-state index in [1.54, 1.807) is 30.3 Å². The summed E-state index contributed by atoms with van der Waals surface area (Å²) in [5.74, 6) is -4.04. The zero-order valence-electron chi connectivity index (χ0n) is 17.8. The molecule has 2 aliphatic heterocycles. The molecule has 2 aliphatic rings. The number of carboxylic acid groups (broad SMARTS) is 1. The molecular formula is C23H20N4O7. The Morgan fingerprint density at radius 2 is 1.74 bits per heavy atom. The van der Waals surface area contributed by atoms with Crippen molar-refractivity contribution < 1.29 is 33.9 Å². The predicted octanol–water partition coefficient (Wildman–Crippen LogP) is 0.765. The second kappa shape index (κ2) is 9.14. The van der Waals surface area contributed by atoms with Gasteiger partial charge in [-0.3, -0.25) is 39.0 Å². The number of amides is 5. The molecule has 1 saturated heterocycles. The minimum atomic E-state index is -1.09. The highest BCUT2D eigenvalue weighted by molar-refractivity contribution is 6.25. The zero-order valence-corrected chi connectivity index (χ0v) is 17.8. The molecule has 0 spiro atoms. The van der Waals surface area contributed by atoms with E-state index in [4.69, 9.17) is 5.11 Å². The van der Waals surface area contributed by atoms with Crippen molar-refractivity contribution in [1.82, 2.24) is 10.2 Å². The van der Waals surface area contributed by atoms with Crippen LogP contribution in [-0.4, -0.2) is 58.1 Å². The Hall–Kier alpha value is -4.54. The quantitative estimate of drug-likeness (QED) is 0.437. The fourth-order valence-electron chi connectivity index (χ4n) is 3.99. The van der Waals surface area contributed by atoms with E-state index in [1.165, 1.54) is 12.1 Å². The van der Waals surface area contributed by atoms with Crippen molar-refractivity contribution in [2.45, 2.75) is 25.3 Å². The lowest BCUT2D eigenvalue weighted by atomic mass is 10.0. The average Bonchev–Trinajstić information content (AvgIpc) is 3.04. The number of anilines is 2. The fraction of sp³-hybridized carbons (Fsp3) is 0.217. The first kappa shape index (κ1) is 22.6. The zero-order chi connectivity index (χ0) is 24.4. The Morgan fingerprint density at radius 1 is 1.00 bits per heavy atom. The number of imide groups is 2. The van der Waals surface area contributed by atoms with E-state index < -0.39 is 41.5 Å². The van der Waals surface area contributed by atoms with Crippen molar-refractivity contribution in [3.8, 4) is 0 Å². The highest BCUT2D eigenvalue weighted by Gasteiger charge is 2.45. The minimum Gasteiger partial charge on any atom is -0.481 e. The molecule has 2 heterocycles. The lowest BCUT2D eigenvalue weighted by Gasteiger charge is -2.27. The molecule has 174 valence electrons. The van der Waals surface area contributed by atoms with Crippen molar-refractivity contribution in [2.24, 2.45) is 0 Å². The Labute approximate surface area is 193 Å². The lowest BCUT2D eigenvalue weighted by Crippen LogP contribution is -2.54. The normalized spacial score (nSPS) is 17.3. The Morgan fingerprint density at radius 3 is 2.47 bits per heavy atom. The molecular weight excluding hydrogens is 444 g/mol. The summed E-state index contributed by atoms with van der Waals surface area (Å²) in [6, 6.07) is 9.93. The minimum absolute atomic E-state index is 0.0123. The van der Waals surface area contributed by atoms with Gasteiger partial charge in [0.2, 0.25) is 17.7 Å². The molecule has 5 amide bonds. The van der Waals surface area contributed by atoms with Crippen molar-refractivity contribution in [2.75, 3.05) is 17.2 Å². The third-order valence-electron chi connectivity index (χ3n) is 5.54. The number of hydrogen-bond acceptors (Lipinski definition) is 7. The Kier molecular flexibility index (Phi) is 6.09. The molecule has 0 saturated carbocycles. The Balaban J connectivity index is 1.48. The van der Waals surface area contributed by atoms with Crippen molar-refractivity contribution in [3.05, 3.63) is 59.2 Å². The second-order valence-corrected chi connectivity index (χ2v) is 7.80. The van der Waals surface area contributed by atoms with Crippen LogP contribution < -0.4 is 16.0 Å². The summed E-state index contributed by atoms with van der Waals surface area (Å²) in [5, 5.41) is 16.6. The number of aliphatic carboxylic acids is 1. The molecule has 4 N–H and O–H groups in total. The first-order valence-corrected chi connectivity index (χ1v) is 10.4. The summed E-state index contributed by atoms with van der Waals surface area (Å²) in [5.41, 5.74) is 1.15. The number of carbonyl (C=O) groups excluding carboxylic acids is 5. The largest absolute Gasteiger partial charge is 0.481 e. The first-order chi connectivity index (χ1) is 16.3. The van der Waals surface area contributed by atoms with Crippen molar-refractivity contribution in [3.63, 3.8) is 0 Å². The van der Waals surface area contributed by atoms with Gasteiger partial charge < -0.3 is 15.7 Å². The van der Waals surface area contributed by atoms with E-state index >= 15 is 0 Å². The van der Waals surface area contributed by atoms with Crippen LogP contribution in [0.25, 0.3) is 0 Å². The molecule has 0 aliphatic carbocycles. The highest BCUT2D eigenvalue weighted by atomic mass is 16.4. The molecule has 0 aromatic heterocycles. The molecule has 2 aromatic carbocycles. The van der Waals surface area contributed by atoms with Crippen LogP contribution in [0.4, 0.5) is 11.4 Å². The topological polar surface area (TPSA) is 162 Å². The number of benzene rings is 2. The van der Waals surface area contributed by atoms with Gasteiger partial charge in [-0.15, -0.1) is 0 Å². The van der Waals surface area contributed by atoms with Crippen LogP contribution in [0, 0.1) is 0 Å². The predicted molar refractivity (Wildman–Crippen MR) is 118 cm³/mol. The van der Waals surface area contributed by atoms with Crippen LogP contribution in [-0.2, 0) is 25.6 Å². The number of nitrogens with zero attached hydrogens (tertiary/aromatic N) is 1. The molecule has 11 nitrogen and oxygen atoms in total. The third-order valence-corrected chi connectivity index (χ3v) is 5.54. The molecule has 4 rings (SSSR count). The van der Waals surface area contributed by atoms with Gasteiger partial charge in [0.15, 0.2) is 0 Å². The number of rotatable bonds is 7. The standard InChI is InChI=1S/C23H20N4O7/c28-17-9-8-16(21(32)26-17)27-22(33)13-5-3-7-15(20(13)23(27)34)24-11-18(29)25-14-6-2-1-4-12(14)10-19(30)31/h1-7,16,24H,8-11H2,(H,25,29)(H,30,31)(H,26,28,32). The number of carboxylic acids is 1. The van der Waals surface area contributed by atoms with Gasteiger partial charge in [0, 0.05) is 17.8 Å². The third kappa shape index (κ3) is 4.35. The Bertz CT molecular complexity index is 1240. The SMILES string of the molecule is O=C(O)Cc1ccccc1NC(=O)CNc1cccc2c1C(=O)N(C1CCC(=O)NC1=O)C2=O. The molecule has 0 radical (unpaired) electrons. The number of nitrogens with one attached hydrogen (secondary N) is 3. The lowest BCUT2D eigenvalue weighted by molar-refractivity contribution is -0.137. The van der Waals surface area contributed by atoms with E-state index in [0.717, 1.165) is 4.90 Å². The van der Waals surface area contributed by atoms with Crippen LogP contribution in [0.1, 0.15) is 39.1 Å². The van der Waals surface area contributed by atoms with Gasteiger partial charge in [0.05, 0.1) is 24.1 Å². The van der Waals surface area contributed by atoms with Gasteiger partial charge >= 0.3 is 5.97 Å². The highest BCUT2D eigenvalue weighted by Crippen LogP contribution is 2.32. The molecule has 11 heteroatoms. The van der Waals surface area contributed by atoms with Crippen LogP contribution in [0.2, 0.25) is 0 Å². The average molecular weight is 464 g/mol. The number of fused-ring (bicyclic) bond motifs is 1. The number of piperidine rings is 1. The number of hydrogen-bond donors (Lipinski definition) is 4. The summed E-state index contributed by atoms with van der Waals surface area (Å²) in [6.07, 6.45) is -0.210. The summed E-state index contributed by atoms with van der Waals surface area (Å²) in [6.45, 7) is -0.266. The van der Waals surface area contributed by atoms with Crippen LogP contribution in [0.5, 0.6) is 0 Å². The van der Waals surface area contributed by atoms with E-state index in [0.29, 0.717) is 11.3 Å². The van der Waals surface area contributed by atoms with Gasteiger partial charge in [-0.05, 0) is 30.2 Å². The summed E-state index contributed by atoms with van der Waals surface area (Å²) in [4.78, 5) is 74.0. The first-order valence-electron chi connectivity index (χ1n) is 10.4. The van der Waals surface area contributed by atoms with Crippen molar-refractivity contribution >= 4 is 46.9 Å². The molecule has 1 unspecified atom stereocenters. The fourth-order valence-corrected chi connectivity index (χ4v) is 3.99. The van der Waals surface area contributed by atoms with Crippen LogP contribution in [0.3, 0.4) is 0 Å². The molecule has 2 aromatic rings. The second-order valence-electron chi connectivity index (χ2n) is 7.80. The summed E-state index contributed by atoms with van der Waals surface area (Å²) < 4.78 is 0. The van der Waals surface area contributed by atoms with E-state index in [-0.39, 0.29) is 42.6 Å². The summed E-state index contributed by atoms with van der Waals surface area (Å²) >= 11 is 0. The maximum atomic E-state index is 13.1. The molecule has 34 heavy (non-hydrogen) atoms. The molecule has 1 atom stereocenters. The van der Waals surface area contributed by atoms with Gasteiger partial charge in [0.25, 0.3) is 11.8 Å². The van der Waals surface area contributed by atoms with Gasteiger partial charge in [-0.25, -0.2) is 0 Å². The van der Waals surface area contributed by atoms with Crippen LogP contribution >= 0.6 is 0 Å². The maximum absolute atomic E-state index is 13.1. The summed E-state index contributed by atoms with van der Waals surface area (Å²) in [7, 11) is 0. The smallest absolute Gasteiger partial charge is 0.307 e. The molecule has 1 fully saturated rings. The number of carbonyl (C=O) groups is 6. The monoisotopic (exact) mass is 464 g/mol. The van der Waals surface area contributed by atoms with Gasteiger partial charge in [0.1, 0.15) is 6.04 Å². The molecule has 0 bridgehead atoms. The van der Waals surface area contributed by atoms with E-state index in [1.807, 2.05) is 0 Å². The van der Waals surface area contributed by atoms with E-state index in [2.05, 4.69) is 16.0 Å². The number of para-hydroxylation sites is 1.